The normalized spacial score (nSPS) is 11.2. The van der Waals surface area contributed by atoms with Gasteiger partial charge in [0.05, 0.1) is 10.6 Å². The summed E-state index contributed by atoms with van der Waals surface area (Å²) >= 11 is 0. The lowest BCUT2D eigenvalue weighted by molar-refractivity contribution is 0.102. The third kappa shape index (κ3) is 3.60. The summed E-state index contributed by atoms with van der Waals surface area (Å²) in [5.74, 6) is 0.0714. The van der Waals surface area contributed by atoms with Gasteiger partial charge in [0, 0.05) is 31.9 Å². The molecule has 1 N–H and O–H groups in total. The highest BCUT2D eigenvalue weighted by Crippen LogP contribution is 2.22. The number of rotatable bonds is 5. The highest BCUT2D eigenvalue weighted by molar-refractivity contribution is 7.92. The molecule has 0 saturated carbocycles. The van der Waals surface area contributed by atoms with Gasteiger partial charge in [-0.3, -0.25) is 13.8 Å². The van der Waals surface area contributed by atoms with Crippen LogP contribution in [0.5, 0.6) is 0 Å². The first-order chi connectivity index (χ1) is 12.4. The van der Waals surface area contributed by atoms with E-state index >= 15 is 0 Å². The molecule has 1 aromatic heterocycles. The number of hydrogen-bond acceptors (Lipinski definition) is 4. The monoisotopic (exact) mass is 370 g/mol. The number of para-hydroxylation sites is 1. The lowest BCUT2D eigenvalue weighted by atomic mass is 10.2. The summed E-state index contributed by atoms with van der Waals surface area (Å²) < 4.78 is 28.2. The number of nitrogens with one attached hydrogen (secondary N) is 1. The van der Waals surface area contributed by atoms with Crippen LogP contribution in [0.1, 0.15) is 10.4 Å². The van der Waals surface area contributed by atoms with Crippen molar-refractivity contribution in [2.24, 2.45) is 7.05 Å². The molecule has 0 atom stereocenters. The smallest absolute Gasteiger partial charge is 0.264 e. The van der Waals surface area contributed by atoms with E-state index in [9.17, 15) is 13.2 Å². The van der Waals surface area contributed by atoms with E-state index in [2.05, 4.69) is 10.4 Å². The van der Waals surface area contributed by atoms with Gasteiger partial charge in [0.15, 0.2) is 5.82 Å². The van der Waals surface area contributed by atoms with Gasteiger partial charge < -0.3 is 5.32 Å². The average Bonchev–Trinajstić information content (AvgIpc) is 3.06. The number of carbonyl (C=O) groups is 1. The molecule has 26 heavy (non-hydrogen) atoms. The Bertz CT molecular complexity index is 1010. The fourth-order valence-electron chi connectivity index (χ4n) is 2.38. The van der Waals surface area contributed by atoms with Crippen molar-refractivity contribution in [1.29, 1.82) is 0 Å². The predicted molar refractivity (Wildman–Crippen MR) is 99.6 cm³/mol. The Hall–Kier alpha value is -3.13. The first-order valence-corrected chi connectivity index (χ1v) is 9.27. The van der Waals surface area contributed by atoms with Gasteiger partial charge in [0.1, 0.15) is 0 Å². The molecule has 8 heteroatoms. The molecular formula is C18H18N4O3S. The van der Waals surface area contributed by atoms with Crippen molar-refractivity contribution in [3.63, 3.8) is 0 Å². The van der Waals surface area contributed by atoms with Crippen molar-refractivity contribution < 1.29 is 13.2 Å². The summed E-state index contributed by atoms with van der Waals surface area (Å²) in [5, 5.41) is 6.73. The Morgan fingerprint density at radius 1 is 1.04 bits per heavy atom. The maximum Gasteiger partial charge on any atom is 0.264 e. The fraction of sp³-hybridized carbons (Fsp3) is 0.111. The summed E-state index contributed by atoms with van der Waals surface area (Å²) in [6.07, 6.45) is 1.71. The van der Waals surface area contributed by atoms with Crippen LogP contribution < -0.4 is 9.62 Å². The van der Waals surface area contributed by atoms with Crippen LogP contribution in [0.4, 0.5) is 11.5 Å². The highest BCUT2D eigenvalue weighted by Gasteiger charge is 2.21. The number of anilines is 2. The van der Waals surface area contributed by atoms with E-state index in [1.807, 2.05) is 6.07 Å². The Kier molecular flexibility index (Phi) is 4.77. The number of aromatic nitrogens is 2. The van der Waals surface area contributed by atoms with Gasteiger partial charge >= 0.3 is 0 Å². The van der Waals surface area contributed by atoms with Crippen molar-refractivity contribution >= 4 is 27.4 Å². The third-order valence-corrected chi connectivity index (χ3v) is 5.65. The SMILES string of the molecule is CN(c1ccccc1)S(=O)(=O)c1ccc(C(=O)Nc2ccn(C)n2)cc1. The van der Waals surface area contributed by atoms with E-state index in [1.165, 1.54) is 35.6 Å². The molecule has 1 heterocycles. The fourth-order valence-corrected chi connectivity index (χ4v) is 3.58. The van der Waals surface area contributed by atoms with Crippen molar-refractivity contribution in [2.75, 3.05) is 16.7 Å². The van der Waals surface area contributed by atoms with Crippen LogP contribution in [-0.2, 0) is 17.1 Å². The van der Waals surface area contributed by atoms with Crippen LogP contribution in [0.25, 0.3) is 0 Å². The van der Waals surface area contributed by atoms with Crippen LogP contribution in [-0.4, -0.2) is 31.2 Å². The Morgan fingerprint density at radius 3 is 2.27 bits per heavy atom. The molecular weight excluding hydrogens is 352 g/mol. The lowest BCUT2D eigenvalue weighted by Gasteiger charge is -2.19. The molecule has 0 saturated heterocycles. The second-order valence-corrected chi connectivity index (χ2v) is 7.63. The van der Waals surface area contributed by atoms with Crippen LogP contribution >= 0.6 is 0 Å². The molecule has 134 valence electrons. The van der Waals surface area contributed by atoms with E-state index in [0.29, 0.717) is 17.1 Å². The summed E-state index contributed by atoms with van der Waals surface area (Å²) in [6, 6.07) is 16.2. The number of nitrogens with zero attached hydrogens (tertiary/aromatic N) is 3. The zero-order valence-corrected chi connectivity index (χ0v) is 15.1. The molecule has 0 bridgehead atoms. The number of aryl methyl sites for hydroxylation is 1. The van der Waals surface area contributed by atoms with Gasteiger partial charge in [-0.05, 0) is 36.4 Å². The molecule has 0 aliphatic rings. The largest absolute Gasteiger partial charge is 0.305 e. The second-order valence-electron chi connectivity index (χ2n) is 5.66. The van der Waals surface area contributed by atoms with Gasteiger partial charge in [-0.1, -0.05) is 18.2 Å². The Morgan fingerprint density at radius 2 is 1.69 bits per heavy atom. The molecule has 1 amide bonds. The Labute approximate surface area is 151 Å². The van der Waals surface area contributed by atoms with Crippen LogP contribution in [0.3, 0.4) is 0 Å². The minimum Gasteiger partial charge on any atom is -0.305 e. The minimum atomic E-state index is -3.70. The first-order valence-electron chi connectivity index (χ1n) is 7.83. The molecule has 0 fully saturated rings. The van der Waals surface area contributed by atoms with Crippen molar-refractivity contribution in [3.05, 3.63) is 72.4 Å². The van der Waals surface area contributed by atoms with Crippen LogP contribution in [0.2, 0.25) is 0 Å². The third-order valence-electron chi connectivity index (χ3n) is 3.85. The van der Waals surface area contributed by atoms with Gasteiger partial charge in [0.25, 0.3) is 15.9 Å². The molecule has 3 rings (SSSR count). The van der Waals surface area contributed by atoms with Gasteiger partial charge in [-0.2, -0.15) is 5.10 Å². The number of amides is 1. The van der Waals surface area contributed by atoms with Crippen molar-refractivity contribution in [1.82, 2.24) is 9.78 Å². The summed E-state index contributed by atoms with van der Waals surface area (Å²) in [4.78, 5) is 12.3. The summed E-state index contributed by atoms with van der Waals surface area (Å²) in [7, 11) is -0.463. The first kappa shape index (κ1) is 17.7. The topological polar surface area (TPSA) is 84.3 Å². The molecule has 0 aliphatic heterocycles. The zero-order valence-electron chi connectivity index (χ0n) is 14.3. The molecule has 0 unspecified atom stereocenters. The highest BCUT2D eigenvalue weighted by atomic mass is 32.2. The molecule has 7 nitrogen and oxygen atoms in total. The zero-order chi connectivity index (χ0) is 18.7. The second kappa shape index (κ2) is 7.01. The molecule has 0 spiro atoms. The maximum absolute atomic E-state index is 12.7. The lowest BCUT2D eigenvalue weighted by Crippen LogP contribution is -2.26. The minimum absolute atomic E-state index is 0.109. The van der Waals surface area contributed by atoms with Crippen molar-refractivity contribution in [3.8, 4) is 0 Å². The van der Waals surface area contributed by atoms with Crippen molar-refractivity contribution in [2.45, 2.75) is 4.90 Å². The quantitative estimate of drug-likeness (QED) is 0.748. The summed E-state index contributed by atoms with van der Waals surface area (Å²) in [6.45, 7) is 0. The van der Waals surface area contributed by atoms with Crippen LogP contribution in [0.15, 0.2) is 71.8 Å². The molecule has 2 aromatic carbocycles. The number of hydrogen-bond donors (Lipinski definition) is 1. The van der Waals surface area contributed by atoms with Crippen LogP contribution in [0, 0.1) is 0 Å². The molecule has 3 aromatic rings. The number of benzene rings is 2. The van der Waals surface area contributed by atoms with E-state index in [0.717, 1.165) is 0 Å². The standard InChI is InChI=1S/C18H18N4O3S/c1-21-13-12-17(20-21)19-18(23)14-8-10-16(11-9-14)26(24,25)22(2)15-6-4-3-5-7-15/h3-13H,1-2H3,(H,19,20,23). The Balaban J connectivity index is 1.79. The van der Waals surface area contributed by atoms with Gasteiger partial charge in [0.2, 0.25) is 0 Å². The van der Waals surface area contributed by atoms with E-state index in [-0.39, 0.29) is 10.8 Å². The molecule has 0 radical (unpaired) electrons. The predicted octanol–water partition coefficient (Wildman–Crippen LogP) is 2.50. The maximum atomic E-state index is 12.7. The van der Waals surface area contributed by atoms with Gasteiger partial charge in [-0.15, -0.1) is 0 Å². The number of sulfonamides is 1. The van der Waals surface area contributed by atoms with E-state index in [4.69, 9.17) is 0 Å². The average molecular weight is 370 g/mol. The number of carbonyl (C=O) groups excluding carboxylic acids is 1. The van der Waals surface area contributed by atoms with E-state index < -0.39 is 10.0 Å². The van der Waals surface area contributed by atoms with Gasteiger partial charge in [-0.25, -0.2) is 8.42 Å². The molecule has 0 aliphatic carbocycles. The summed E-state index contributed by atoms with van der Waals surface area (Å²) in [5.41, 5.74) is 0.904. The van der Waals surface area contributed by atoms with E-state index in [1.54, 1.807) is 48.3 Å².